The van der Waals surface area contributed by atoms with Crippen molar-refractivity contribution < 1.29 is 4.39 Å². The minimum atomic E-state index is -0.176. The molecule has 1 nitrogen and oxygen atoms in total. The van der Waals surface area contributed by atoms with Gasteiger partial charge < -0.3 is 5.32 Å². The summed E-state index contributed by atoms with van der Waals surface area (Å²) in [5.41, 5.74) is 0.991. The molecule has 0 fully saturated rings. The van der Waals surface area contributed by atoms with Crippen LogP contribution in [0.15, 0.2) is 41.8 Å². The van der Waals surface area contributed by atoms with E-state index < -0.39 is 0 Å². The Morgan fingerprint density at radius 2 is 2.11 bits per heavy atom. The zero-order chi connectivity index (χ0) is 13.0. The van der Waals surface area contributed by atoms with Crippen LogP contribution in [0.3, 0.4) is 0 Å². The van der Waals surface area contributed by atoms with Gasteiger partial charge in [0.05, 0.1) is 0 Å². The molecule has 1 aromatic heterocycles. The fourth-order valence-corrected chi connectivity index (χ4v) is 2.94. The Kier molecular flexibility index (Phi) is 4.50. The van der Waals surface area contributed by atoms with E-state index in [4.69, 9.17) is 0 Å². The van der Waals surface area contributed by atoms with E-state index in [1.807, 2.05) is 6.07 Å². The molecule has 18 heavy (non-hydrogen) atoms. The van der Waals surface area contributed by atoms with Gasteiger partial charge in [-0.15, -0.1) is 11.3 Å². The Morgan fingerprint density at radius 1 is 1.28 bits per heavy atom. The lowest BCUT2D eigenvalue weighted by atomic mass is 10.1. The van der Waals surface area contributed by atoms with Crippen LogP contribution in [0, 0.1) is 5.82 Å². The zero-order valence-electron chi connectivity index (χ0n) is 10.7. The molecule has 2 atom stereocenters. The maximum atomic E-state index is 13.2. The molecule has 0 spiro atoms. The van der Waals surface area contributed by atoms with Gasteiger partial charge in [-0.25, -0.2) is 4.39 Å². The highest BCUT2D eigenvalue weighted by Gasteiger charge is 2.14. The van der Waals surface area contributed by atoms with Gasteiger partial charge in [0, 0.05) is 17.0 Å². The monoisotopic (exact) mass is 263 g/mol. The second kappa shape index (κ2) is 6.12. The number of benzene rings is 1. The zero-order valence-corrected chi connectivity index (χ0v) is 11.5. The molecule has 0 aliphatic heterocycles. The van der Waals surface area contributed by atoms with Crippen molar-refractivity contribution in [3.63, 3.8) is 0 Å². The molecule has 0 saturated heterocycles. The van der Waals surface area contributed by atoms with Crippen molar-refractivity contribution in [3.05, 3.63) is 58.0 Å². The Bertz CT molecular complexity index is 481. The molecule has 0 aliphatic carbocycles. The second-order valence-electron chi connectivity index (χ2n) is 4.42. The lowest BCUT2D eigenvalue weighted by Gasteiger charge is -2.21. The molecule has 2 aromatic rings. The van der Waals surface area contributed by atoms with Gasteiger partial charge in [0.15, 0.2) is 0 Å². The summed E-state index contributed by atoms with van der Waals surface area (Å²) in [7, 11) is 0. The summed E-state index contributed by atoms with van der Waals surface area (Å²) in [4.78, 5) is 1.33. The predicted octanol–water partition coefficient (Wildman–Crippen LogP) is 4.69. The molecule has 0 radical (unpaired) electrons. The molecule has 0 aliphatic rings. The van der Waals surface area contributed by atoms with Crippen molar-refractivity contribution in [3.8, 4) is 0 Å². The number of hydrogen-bond acceptors (Lipinski definition) is 2. The van der Waals surface area contributed by atoms with E-state index in [1.54, 1.807) is 23.5 Å². The largest absolute Gasteiger partial charge is 0.303 e. The third-order valence-corrected chi connectivity index (χ3v) is 4.08. The van der Waals surface area contributed by atoms with Gasteiger partial charge in [0.25, 0.3) is 0 Å². The van der Waals surface area contributed by atoms with Crippen LogP contribution in [0.2, 0.25) is 0 Å². The highest BCUT2D eigenvalue weighted by Crippen LogP contribution is 2.25. The van der Waals surface area contributed by atoms with E-state index in [1.165, 1.54) is 10.9 Å². The first-order chi connectivity index (χ1) is 8.70. The normalized spacial score (nSPS) is 14.4. The maximum Gasteiger partial charge on any atom is 0.123 e. The molecule has 1 heterocycles. The molecule has 3 heteroatoms. The molecule has 0 amide bonds. The molecule has 0 bridgehead atoms. The predicted molar refractivity (Wildman–Crippen MR) is 75.3 cm³/mol. The molecule has 96 valence electrons. The smallest absolute Gasteiger partial charge is 0.123 e. The molecule has 2 unspecified atom stereocenters. The van der Waals surface area contributed by atoms with Crippen molar-refractivity contribution in [2.24, 2.45) is 0 Å². The SMILES string of the molecule is CCC(NC(C)c1cccc(F)c1)c1cccs1. The summed E-state index contributed by atoms with van der Waals surface area (Å²) in [5.74, 6) is -0.176. The summed E-state index contributed by atoms with van der Waals surface area (Å²) < 4.78 is 13.2. The number of nitrogens with one attached hydrogen (secondary N) is 1. The van der Waals surface area contributed by atoms with Crippen LogP contribution in [-0.4, -0.2) is 0 Å². The molecular weight excluding hydrogens is 245 g/mol. The summed E-state index contributed by atoms with van der Waals surface area (Å²) in [6, 6.07) is 11.5. The number of rotatable bonds is 5. The summed E-state index contributed by atoms with van der Waals surface area (Å²) in [5, 5.41) is 5.65. The summed E-state index contributed by atoms with van der Waals surface area (Å²) in [6.45, 7) is 4.24. The van der Waals surface area contributed by atoms with Gasteiger partial charge in [0.1, 0.15) is 5.82 Å². The molecule has 1 N–H and O–H groups in total. The van der Waals surface area contributed by atoms with Crippen LogP contribution in [0.1, 0.15) is 42.8 Å². The maximum absolute atomic E-state index is 13.2. The minimum absolute atomic E-state index is 0.146. The number of halogens is 1. The van der Waals surface area contributed by atoms with Crippen LogP contribution in [-0.2, 0) is 0 Å². The quantitative estimate of drug-likeness (QED) is 0.825. The lowest BCUT2D eigenvalue weighted by Crippen LogP contribution is -2.23. The number of thiophene rings is 1. The van der Waals surface area contributed by atoms with E-state index in [9.17, 15) is 4.39 Å². The van der Waals surface area contributed by atoms with Crippen molar-refractivity contribution in [2.75, 3.05) is 0 Å². The van der Waals surface area contributed by atoms with E-state index >= 15 is 0 Å². The van der Waals surface area contributed by atoms with Gasteiger partial charge in [-0.3, -0.25) is 0 Å². The first-order valence-corrected chi connectivity index (χ1v) is 7.13. The topological polar surface area (TPSA) is 12.0 Å². The first-order valence-electron chi connectivity index (χ1n) is 6.25. The average molecular weight is 263 g/mol. The van der Waals surface area contributed by atoms with Crippen LogP contribution in [0.4, 0.5) is 4.39 Å². The summed E-state index contributed by atoms with van der Waals surface area (Å²) in [6.07, 6.45) is 1.03. The Balaban J connectivity index is 2.08. The van der Waals surface area contributed by atoms with Crippen LogP contribution in [0.25, 0.3) is 0 Å². The van der Waals surface area contributed by atoms with Crippen LogP contribution >= 0.6 is 11.3 Å². The van der Waals surface area contributed by atoms with E-state index in [0.29, 0.717) is 6.04 Å². The Labute approximate surface area is 112 Å². The minimum Gasteiger partial charge on any atom is -0.303 e. The van der Waals surface area contributed by atoms with Gasteiger partial charge in [-0.2, -0.15) is 0 Å². The standard InChI is InChI=1S/C15H18FNS/c1-3-14(15-8-5-9-18-15)17-11(2)12-6-4-7-13(16)10-12/h4-11,14,17H,3H2,1-2H3. The molecule has 0 saturated carbocycles. The van der Waals surface area contributed by atoms with Crippen molar-refractivity contribution in [1.82, 2.24) is 5.32 Å². The third-order valence-electron chi connectivity index (χ3n) is 3.09. The number of hydrogen-bond donors (Lipinski definition) is 1. The highest BCUT2D eigenvalue weighted by atomic mass is 32.1. The fourth-order valence-electron chi connectivity index (χ4n) is 2.06. The van der Waals surface area contributed by atoms with Crippen molar-refractivity contribution in [1.29, 1.82) is 0 Å². The third kappa shape index (κ3) is 3.18. The fraction of sp³-hybridized carbons (Fsp3) is 0.333. The molecule has 2 rings (SSSR count). The van der Waals surface area contributed by atoms with Gasteiger partial charge >= 0.3 is 0 Å². The van der Waals surface area contributed by atoms with Gasteiger partial charge in [-0.1, -0.05) is 25.1 Å². The molecular formula is C15H18FNS. The van der Waals surface area contributed by atoms with Crippen LogP contribution < -0.4 is 5.32 Å². The lowest BCUT2D eigenvalue weighted by molar-refractivity contribution is 0.460. The van der Waals surface area contributed by atoms with E-state index in [-0.39, 0.29) is 11.9 Å². The van der Waals surface area contributed by atoms with E-state index in [0.717, 1.165) is 12.0 Å². The highest BCUT2D eigenvalue weighted by molar-refractivity contribution is 7.10. The van der Waals surface area contributed by atoms with Crippen LogP contribution in [0.5, 0.6) is 0 Å². The van der Waals surface area contributed by atoms with Gasteiger partial charge in [-0.05, 0) is 42.5 Å². The second-order valence-corrected chi connectivity index (χ2v) is 5.40. The summed E-state index contributed by atoms with van der Waals surface area (Å²) >= 11 is 1.76. The Hall–Kier alpha value is -1.19. The first kappa shape index (κ1) is 13.2. The Morgan fingerprint density at radius 3 is 2.72 bits per heavy atom. The van der Waals surface area contributed by atoms with E-state index in [2.05, 4.69) is 36.7 Å². The van der Waals surface area contributed by atoms with Crippen molar-refractivity contribution >= 4 is 11.3 Å². The average Bonchev–Trinajstić information content (AvgIpc) is 2.89. The molecule has 1 aromatic carbocycles. The van der Waals surface area contributed by atoms with Crippen molar-refractivity contribution in [2.45, 2.75) is 32.4 Å². The van der Waals surface area contributed by atoms with Gasteiger partial charge in [0.2, 0.25) is 0 Å².